The normalized spacial score (nSPS) is 16.8. The van der Waals surface area contributed by atoms with Gasteiger partial charge in [0, 0.05) is 0 Å². The minimum atomic E-state index is -1.15. The average Bonchev–Trinajstić information content (AvgIpc) is 2.90. The van der Waals surface area contributed by atoms with Crippen molar-refractivity contribution in [2.45, 2.75) is 6.04 Å². The maximum atomic E-state index is 12.8. The van der Waals surface area contributed by atoms with Crippen LogP contribution >= 0.6 is 24.0 Å². The Kier molecular flexibility index (Phi) is 5.39. The van der Waals surface area contributed by atoms with Gasteiger partial charge in [-0.15, -0.1) is 0 Å². The number of rotatable bonds is 5. The molecule has 3 rings (SSSR count). The summed E-state index contributed by atoms with van der Waals surface area (Å²) in [5, 5.41) is 9.67. The number of carboxylic acids is 1. The molecule has 1 aliphatic heterocycles. The number of carbonyl (C=O) groups excluding carboxylic acids is 1. The highest BCUT2D eigenvalue weighted by Crippen LogP contribution is 2.38. The topological polar surface area (TPSA) is 66.8 Å². The summed E-state index contributed by atoms with van der Waals surface area (Å²) in [4.78, 5) is 26.2. The van der Waals surface area contributed by atoms with Gasteiger partial charge in [-0.25, -0.2) is 4.79 Å². The number of thiocarbonyl (C=S) groups is 1. The first kappa shape index (κ1) is 18.2. The molecule has 0 bridgehead atoms. The van der Waals surface area contributed by atoms with Gasteiger partial charge in [0.1, 0.15) is 10.1 Å². The van der Waals surface area contributed by atoms with Gasteiger partial charge >= 0.3 is 5.97 Å². The van der Waals surface area contributed by atoms with Gasteiger partial charge < -0.3 is 9.84 Å². The van der Waals surface area contributed by atoms with Crippen LogP contribution in [0, 0.1) is 0 Å². The molecular formula is C19H15NO4S2. The van der Waals surface area contributed by atoms with Crippen LogP contribution in [0.25, 0.3) is 6.08 Å². The van der Waals surface area contributed by atoms with E-state index in [0.717, 1.165) is 22.2 Å². The highest BCUT2D eigenvalue weighted by molar-refractivity contribution is 8.26. The molecule has 26 heavy (non-hydrogen) atoms. The Balaban J connectivity index is 1.95. The van der Waals surface area contributed by atoms with Crippen molar-refractivity contribution in [1.82, 2.24) is 4.90 Å². The van der Waals surface area contributed by atoms with Crippen molar-refractivity contribution in [3.05, 3.63) is 70.6 Å². The Bertz CT molecular complexity index is 895. The summed E-state index contributed by atoms with van der Waals surface area (Å²) in [6.45, 7) is 0. The number of methoxy groups -OCH3 is 1. The number of carbonyl (C=O) groups is 2. The molecule has 1 amide bonds. The molecule has 1 fully saturated rings. The third kappa shape index (κ3) is 3.63. The van der Waals surface area contributed by atoms with Gasteiger partial charge in [-0.05, 0) is 29.3 Å². The Morgan fingerprint density at radius 2 is 1.96 bits per heavy atom. The lowest BCUT2D eigenvalue weighted by Crippen LogP contribution is -2.37. The first-order valence-electron chi connectivity index (χ1n) is 7.70. The quantitative estimate of drug-likeness (QED) is 0.625. The van der Waals surface area contributed by atoms with Gasteiger partial charge in [0.25, 0.3) is 5.91 Å². The Hall–Kier alpha value is -2.64. The molecule has 7 heteroatoms. The number of aliphatic carboxylic acids is 1. The lowest BCUT2D eigenvalue weighted by Gasteiger charge is -2.23. The van der Waals surface area contributed by atoms with E-state index >= 15 is 0 Å². The molecule has 1 atom stereocenters. The van der Waals surface area contributed by atoms with Crippen molar-refractivity contribution in [1.29, 1.82) is 0 Å². The van der Waals surface area contributed by atoms with E-state index in [1.165, 1.54) is 0 Å². The van der Waals surface area contributed by atoms with Crippen LogP contribution in [-0.2, 0) is 9.59 Å². The van der Waals surface area contributed by atoms with E-state index in [-0.39, 0.29) is 4.32 Å². The molecule has 1 N–H and O–H groups in total. The number of carboxylic acid groups (broad SMARTS) is 1. The molecule has 2 aromatic rings. The Labute approximate surface area is 160 Å². The zero-order chi connectivity index (χ0) is 18.7. The molecule has 0 saturated carbocycles. The molecule has 1 unspecified atom stereocenters. The molecular weight excluding hydrogens is 370 g/mol. The summed E-state index contributed by atoms with van der Waals surface area (Å²) in [5.41, 5.74) is 1.27. The predicted octanol–water partition coefficient (Wildman–Crippen LogP) is 3.72. The van der Waals surface area contributed by atoms with Crippen LogP contribution in [-0.4, -0.2) is 33.3 Å². The average molecular weight is 385 g/mol. The molecule has 1 aliphatic rings. The van der Waals surface area contributed by atoms with Gasteiger partial charge in [0.15, 0.2) is 6.04 Å². The Morgan fingerprint density at radius 3 is 2.62 bits per heavy atom. The third-order valence-corrected chi connectivity index (χ3v) is 5.15. The summed E-state index contributed by atoms with van der Waals surface area (Å²) < 4.78 is 5.40. The third-order valence-electron chi connectivity index (χ3n) is 3.82. The van der Waals surface area contributed by atoms with E-state index < -0.39 is 17.9 Å². The minimum absolute atomic E-state index is 0.223. The first-order chi connectivity index (χ1) is 12.5. The number of benzene rings is 2. The van der Waals surface area contributed by atoms with E-state index in [0.29, 0.717) is 16.2 Å². The highest BCUT2D eigenvalue weighted by atomic mass is 32.2. The molecule has 0 aromatic heterocycles. The van der Waals surface area contributed by atoms with Crippen LogP contribution in [0.1, 0.15) is 17.2 Å². The van der Waals surface area contributed by atoms with E-state index in [2.05, 4.69) is 0 Å². The number of hydrogen-bond acceptors (Lipinski definition) is 5. The monoisotopic (exact) mass is 385 g/mol. The standard InChI is InChI=1S/C19H15NO4S2/c1-24-14-9-5-6-12(10-14)11-15-17(21)20(19(25)26-15)16(18(22)23)13-7-3-2-4-8-13/h2-11,16H,1H3,(H,22,23)/b15-11-. The van der Waals surface area contributed by atoms with Gasteiger partial charge in [-0.3, -0.25) is 9.69 Å². The van der Waals surface area contributed by atoms with E-state index in [9.17, 15) is 14.7 Å². The van der Waals surface area contributed by atoms with Crippen LogP contribution in [0.5, 0.6) is 5.75 Å². The molecule has 0 radical (unpaired) electrons. The van der Waals surface area contributed by atoms with Crippen molar-refractivity contribution in [2.75, 3.05) is 7.11 Å². The van der Waals surface area contributed by atoms with Crippen molar-refractivity contribution in [3.63, 3.8) is 0 Å². The first-order valence-corrected chi connectivity index (χ1v) is 8.92. The second kappa shape index (κ2) is 7.72. The highest BCUT2D eigenvalue weighted by Gasteiger charge is 2.41. The van der Waals surface area contributed by atoms with E-state index in [4.69, 9.17) is 17.0 Å². The van der Waals surface area contributed by atoms with Crippen LogP contribution < -0.4 is 4.74 Å². The van der Waals surface area contributed by atoms with Crippen LogP contribution in [0.2, 0.25) is 0 Å². The number of amides is 1. The van der Waals surface area contributed by atoms with E-state index in [1.807, 2.05) is 12.1 Å². The summed E-state index contributed by atoms with van der Waals surface area (Å²) >= 11 is 6.39. The summed E-state index contributed by atoms with van der Waals surface area (Å²) in [6, 6.07) is 14.7. The SMILES string of the molecule is COc1cccc(/C=C2\SC(=S)N(C(C(=O)O)c3ccccc3)C2=O)c1. The second-order valence-corrected chi connectivity index (χ2v) is 7.16. The molecule has 132 valence electrons. The molecule has 1 heterocycles. The van der Waals surface area contributed by atoms with Gasteiger partial charge in [-0.1, -0.05) is 66.4 Å². The zero-order valence-corrected chi connectivity index (χ0v) is 15.4. The van der Waals surface area contributed by atoms with Crippen LogP contribution in [0.3, 0.4) is 0 Å². The van der Waals surface area contributed by atoms with Crippen LogP contribution in [0.15, 0.2) is 59.5 Å². The summed E-state index contributed by atoms with van der Waals surface area (Å²) in [7, 11) is 1.57. The number of hydrogen-bond donors (Lipinski definition) is 1. The van der Waals surface area contributed by atoms with Crippen molar-refractivity contribution < 1.29 is 19.4 Å². The molecule has 0 aliphatic carbocycles. The van der Waals surface area contributed by atoms with Gasteiger partial charge in [0.2, 0.25) is 0 Å². The van der Waals surface area contributed by atoms with Gasteiger partial charge in [0.05, 0.1) is 12.0 Å². The van der Waals surface area contributed by atoms with Crippen molar-refractivity contribution >= 4 is 46.3 Å². The largest absolute Gasteiger partial charge is 0.497 e. The maximum absolute atomic E-state index is 12.8. The minimum Gasteiger partial charge on any atom is -0.497 e. The molecule has 5 nitrogen and oxygen atoms in total. The molecule has 2 aromatic carbocycles. The lowest BCUT2D eigenvalue weighted by atomic mass is 10.1. The summed E-state index contributed by atoms with van der Waals surface area (Å²) in [6.07, 6.45) is 1.69. The molecule has 0 spiro atoms. The summed E-state index contributed by atoms with van der Waals surface area (Å²) in [5.74, 6) is -0.879. The number of thioether (sulfide) groups is 1. The lowest BCUT2D eigenvalue weighted by molar-refractivity contribution is -0.145. The fourth-order valence-corrected chi connectivity index (χ4v) is 3.94. The Morgan fingerprint density at radius 1 is 1.23 bits per heavy atom. The van der Waals surface area contributed by atoms with Crippen LogP contribution in [0.4, 0.5) is 0 Å². The van der Waals surface area contributed by atoms with Crippen molar-refractivity contribution in [2.24, 2.45) is 0 Å². The second-order valence-electron chi connectivity index (χ2n) is 5.48. The van der Waals surface area contributed by atoms with E-state index in [1.54, 1.807) is 55.7 Å². The smallest absolute Gasteiger partial charge is 0.331 e. The number of nitrogens with zero attached hydrogens (tertiary/aromatic N) is 1. The maximum Gasteiger partial charge on any atom is 0.331 e. The van der Waals surface area contributed by atoms with Gasteiger partial charge in [-0.2, -0.15) is 0 Å². The molecule has 1 saturated heterocycles. The predicted molar refractivity (Wildman–Crippen MR) is 105 cm³/mol. The van der Waals surface area contributed by atoms with Crippen molar-refractivity contribution in [3.8, 4) is 5.75 Å². The fraction of sp³-hybridized carbons (Fsp3) is 0.105. The fourth-order valence-electron chi connectivity index (χ4n) is 2.62. The zero-order valence-electron chi connectivity index (χ0n) is 13.8. The number of ether oxygens (including phenoxy) is 1.